The summed E-state index contributed by atoms with van der Waals surface area (Å²) in [6.07, 6.45) is 0. The van der Waals surface area contributed by atoms with E-state index in [1.807, 2.05) is 34.9 Å². The van der Waals surface area contributed by atoms with Crippen molar-refractivity contribution < 1.29 is 4.79 Å². The number of thioether (sulfide) groups is 1. The van der Waals surface area contributed by atoms with Crippen molar-refractivity contribution in [1.82, 2.24) is 9.88 Å². The van der Waals surface area contributed by atoms with E-state index in [0.717, 1.165) is 48.3 Å². The molecule has 0 radical (unpaired) electrons. The van der Waals surface area contributed by atoms with Crippen molar-refractivity contribution in [2.45, 2.75) is 0 Å². The van der Waals surface area contributed by atoms with Gasteiger partial charge >= 0.3 is 0 Å². The maximum absolute atomic E-state index is 12.4. The Morgan fingerprint density at radius 1 is 1.19 bits per heavy atom. The number of hydrogen-bond acceptors (Lipinski definition) is 5. The maximum atomic E-state index is 12.4. The van der Waals surface area contributed by atoms with E-state index in [9.17, 15) is 4.79 Å². The van der Waals surface area contributed by atoms with Crippen LogP contribution in [0.2, 0.25) is 0 Å². The van der Waals surface area contributed by atoms with Crippen LogP contribution < -0.4 is 4.90 Å². The SMILES string of the molecule is O=C(C1CN(c2nc3ccccc3s2)C1)N1CCSCC1. The molecule has 110 valence electrons. The highest BCUT2D eigenvalue weighted by molar-refractivity contribution is 7.99. The lowest BCUT2D eigenvalue weighted by atomic mass is 9.99. The van der Waals surface area contributed by atoms with Gasteiger partial charge in [0.05, 0.1) is 16.1 Å². The summed E-state index contributed by atoms with van der Waals surface area (Å²) in [6, 6.07) is 8.21. The Hall–Kier alpha value is -1.27. The van der Waals surface area contributed by atoms with Crippen molar-refractivity contribution in [3.8, 4) is 0 Å². The molecular weight excluding hydrogens is 302 g/mol. The van der Waals surface area contributed by atoms with Gasteiger partial charge < -0.3 is 9.80 Å². The molecule has 4 rings (SSSR count). The minimum Gasteiger partial charge on any atom is -0.346 e. The molecule has 2 aliphatic heterocycles. The molecule has 0 unspecified atom stereocenters. The van der Waals surface area contributed by atoms with Crippen LogP contribution >= 0.6 is 23.1 Å². The lowest BCUT2D eigenvalue weighted by Crippen LogP contribution is -2.55. The molecule has 0 aliphatic carbocycles. The number of hydrogen-bond donors (Lipinski definition) is 0. The summed E-state index contributed by atoms with van der Waals surface area (Å²) in [7, 11) is 0. The average Bonchev–Trinajstić information content (AvgIpc) is 2.90. The maximum Gasteiger partial charge on any atom is 0.229 e. The smallest absolute Gasteiger partial charge is 0.229 e. The van der Waals surface area contributed by atoms with Crippen LogP contribution in [0.4, 0.5) is 5.13 Å². The van der Waals surface area contributed by atoms with Crippen molar-refractivity contribution in [3.05, 3.63) is 24.3 Å². The highest BCUT2D eigenvalue weighted by Gasteiger charge is 2.37. The third-order valence-electron chi connectivity index (χ3n) is 4.11. The number of fused-ring (bicyclic) bond motifs is 1. The number of amides is 1. The third-order valence-corrected chi connectivity index (χ3v) is 6.15. The van der Waals surface area contributed by atoms with Gasteiger partial charge in [-0.15, -0.1) is 0 Å². The van der Waals surface area contributed by atoms with E-state index in [-0.39, 0.29) is 5.92 Å². The fourth-order valence-corrected chi connectivity index (χ4v) is 4.72. The largest absolute Gasteiger partial charge is 0.346 e. The standard InChI is InChI=1S/C15H17N3OS2/c19-14(17-5-7-20-8-6-17)11-9-18(10-11)15-16-12-3-1-2-4-13(12)21-15/h1-4,11H,5-10H2. The highest BCUT2D eigenvalue weighted by atomic mass is 32.2. The number of thiazole rings is 1. The Morgan fingerprint density at radius 2 is 1.95 bits per heavy atom. The van der Waals surface area contributed by atoms with Gasteiger partial charge in [0.15, 0.2) is 5.13 Å². The molecule has 3 heterocycles. The number of anilines is 1. The molecule has 1 aromatic heterocycles. The molecule has 1 aromatic carbocycles. The van der Waals surface area contributed by atoms with Gasteiger partial charge in [-0.25, -0.2) is 4.98 Å². The average molecular weight is 319 g/mol. The van der Waals surface area contributed by atoms with Crippen LogP contribution in [0.3, 0.4) is 0 Å². The summed E-state index contributed by atoms with van der Waals surface area (Å²) in [5, 5.41) is 1.05. The Labute approximate surface area is 132 Å². The first-order valence-electron chi connectivity index (χ1n) is 7.28. The van der Waals surface area contributed by atoms with E-state index in [0.29, 0.717) is 5.91 Å². The normalized spacial score (nSPS) is 19.8. The Morgan fingerprint density at radius 3 is 2.71 bits per heavy atom. The first kappa shape index (κ1) is 13.4. The van der Waals surface area contributed by atoms with Gasteiger partial charge in [-0.1, -0.05) is 23.5 Å². The van der Waals surface area contributed by atoms with E-state index in [2.05, 4.69) is 16.0 Å². The molecule has 1 amide bonds. The quantitative estimate of drug-likeness (QED) is 0.851. The number of carbonyl (C=O) groups is 1. The predicted molar refractivity (Wildman–Crippen MR) is 89.2 cm³/mol. The van der Waals surface area contributed by atoms with E-state index in [4.69, 9.17) is 0 Å². The van der Waals surface area contributed by atoms with Crippen LogP contribution in [-0.2, 0) is 4.79 Å². The molecule has 0 bridgehead atoms. The van der Waals surface area contributed by atoms with Gasteiger partial charge in [-0.2, -0.15) is 11.8 Å². The lowest BCUT2D eigenvalue weighted by Gasteiger charge is -2.41. The van der Waals surface area contributed by atoms with Crippen molar-refractivity contribution in [3.63, 3.8) is 0 Å². The molecule has 6 heteroatoms. The number of aromatic nitrogens is 1. The Balaban J connectivity index is 1.41. The summed E-state index contributed by atoms with van der Waals surface area (Å²) < 4.78 is 1.22. The van der Waals surface area contributed by atoms with Crippen molar-refractivity contribution in [1.29, 1.82) is 0 Å². The zero-order valence-electron chi connectivity index (χ0n) is 11.7. The molecule has 4 nitrogen and oxygen atoms in total. The molecule has 2 aromatic rings. The second-order valence-corrected chi connectivity index (χ2v) is 7.74. The van der Waals surface area contributed by atoms with Crippen molar-refractivity contribution in [2.24, 2.45) is 5.92 Å². The minimum atomic E-state index is 0.167. The molecule has 2 saturated heterocycles. The van der Waals surface area contributed by atoms with Gasteiger partial charge in [-0.3, -0.25) is 4.79 Å². The predicted octanol–water partition coefficient (Wildman–Crippen LogP) is 2.31. The summed E-state index contributed by atoms with van der Waals surface area (Å²) >= 11 is 3.66. The van der Waals surface area contributed by atoms with Crippen molar-refractivity contribution >= 4 is 44.4 Å². The van der Waals surface area contributed by atoms with Gasteiger partial charge in [0.2, 0.25) is 5.91 Å². The fourth-order valence-electron chi connectivity index (χ4n) is 2.83. The van der Waals surface area contributed by atoms with Crippen molar-refractivity contribution in [2.75, 3.05) is 42.6 Å². The summed E-state index contributed by atoms with van der Waals surface area (Å²) in [6.45, 7) is 3.48. The zero-order valence-corrected chi connectivity index (χ0v) is 13.3. The third kappa shape index (κ3) is 2.51. The van der Waals surface area contributed by atoms with Crippen LogP contribution in [0.1, 0.15) is 0 Å². The Bertz CT molecular complexity index is 627. The topological polar surface area (TPSA) is 36.4 Å². The van der Waals surface area contributed by atoms with E-state index >= 15 is 0 Å². The number of rotatable bonds is 2. The molecule has 21 heavy (non-hydrogen) atoms. The van der Waals surface area contributed by atoms with Crippen LogP contribution in [0.15, 0.2) is 24.3 Å². The second kappa shape index (κ2) is 5.50. The van der Waals surface area contributed by atoms with Gasteiger partial charge in [0.1, 0.15) is 0 Å². The van der Waals surface area contributed by atoms with Gasteiger partial charge in [0.25, 0.3) is 0 Å². The van der Waals surface area contributed by atoms with Crippen LogP contribution in [0, 0.1) is 5.92 Å². The monoisotopic (exact) mass is 319 g/mol. The lowest BCUT2D eigenvalue weighted by molar-refractivity contribution is -0.135. The molecule has 0 N–H and O–H groups in total. The molecular formula is C15H17N3OS2. The van der Waals surface area contributed by atoms with E-state index in [1.165, 1.54) is 4.70 Å². The van der Waals surface area contributed by atoms with E-state index < -0.39 is 0 Å². The minimum absolute atomic E-state index is 0.167. The fraction of sp³-hybridized carbons (Fsp3) is 0.467. The van der Waals surface area contributed by atoms with Crippen LogP contribution in [0.25, 0.3) is 10.2 Å². The number of benzene rings is 1. The van der Waals surface area contributed by atoms with Crippen LogP contribution in [0.5, 0.6) is 0 Å². The molecule has 0 atom stereocenters. The molecule has 2 aliphatic rings. The first-order chi connectivity index (χ1) is 10.3. The highest BCUT2D eigenvalue weighted by Crippen LogP contribution is 2.33. The second-order valence-electron chi connectivity index (χ2n) is 5.50. The number of nitrogens with zero attached hydrogens (tertiary/aromatic N) is 3. The summed E-state index contributed by atoms with van der Waals surface area (Å²) in [5.74, 6) is 2.67. The molecule has 2 fully saturated rings. The van der Waals surface area contributed by atoms with Gasteiger partial charge in [-0.05, 0) is 12.1 Å². The summed E-state index contributed by atoms with van der Waals surface area (Å²) in [4.78, 5) is 21.3. The van der Waals surface area contributed by atoms with E-state index in [1.54, 1.807) is 11.3 Å². The zero-order chi connectivity index (χ0) is 14.2. The molecule has 0 spiro atoms. The molecule has 0 saturated carbocycles. The number of carbonyl (C=O) groups excluding carboxylic acids is 1. The Kier molecular flexibility index (Phi) is 3.51. The number of para-hydroxylation sites is 1. The summed E-state index contributed by atoms with van der Waals surface area (Å²) in [5.41, 5.74) is 1.06. The first-order valence-corrected chi connectivity index (χ1v) is 9.25. The van der Waals surface area contributed by atoms with Crippen LogP contribution in [-0.4, -0.2) is 53.5 Å². The van der Waals surface area contributed by atoms with Gasteiger partial charge in [0, 0.05) is 37.7 Å².